The molecule has 128 valence electrons. The molecule has 24 heavy (non-hydrogen) atoms. The van der Waals surface area contributed by atoms with E-state index in [1.807, 2.05) is 42.0 Å². The number of hydrogen-bond acceptors (Lipinski definition) is 2. The van der Waals surface area contributed by atoms with Crippen molar-refractivity contribution in [3.8, 4) is 0 Å². The molecular weight excluding hydrogens is 304 g/mol. The van der Waals surface area contributed by atoms with E-state index in [-0.39, 0.29) is 5.91 Å². The Morgan fingerprint density at radius 2 is 1.88 bits per heavy atom. The van der Waals surface area contributed by atoms with Gasteiger partial charge in [-0.15, -0.1) is 0 Å². The van der Waals surface area contributed by atoms with E-state index in [1.54, 1.807) is 7.05 Å². The average molecular weight is 328 g/mol. The molecule has 0 unspecified atom stereocenters. The number of carboxylic acid groups (broad SMARTS) is 1. The zero-order valence-corrected chi connectivity index (χ0v) is 14.3. The van der Waals surface area contributed by atoms with Crippen LogP contribution in [-0.4, -0.2) is 39.0 Å². The Labute approximate surface area is 141 Å². The first-order valence-electron chi connectivity index (χ1n) is 8.60. The average Bonchev–Trinajstić information content (AvgIpc) is 2.99. The monoisotopic (exact) mass is 328 g/mol. The number of carbonyl (C=O) groups excluding carboxylic acids is 1. The topological polar surface area (TPSA) is 62.5 Å². The van der Waals surface area contributed by atoms with Crippen molar-refractivity contribution in [3.05, 3.63) is 36.0 Å². The van der Waals surface area contributed by atoms with Crippen molar-refractivity contribution in [2.45, 2.75) is 51.1 Å². The predicted molar refractivity (Wildman–Crippen MR) is 93.2 cm³/mol. The highest BCUT2D eigenvalue weighted by Crippen LogP contribution is 2.35. The Hall–Kier alpha value is -2.30. The molecule has 5 heteroatoms. The number of hydrogen-bond donors (Lipinski definition) is 1. The molecule has 0 atom stereocenters. The molecule has 1 N–H and O–H groups in total. The number of benzene rings is 1. The van der Waals surface area contributed by atoms with Crippen molar-refractivity contribution in [1.82, 2.24) is 9.47 Å². The minimum atomic E-state index is -1.08. The van der Waals surface area contributed by atoms with Crippen LogP contribution in [0.1, 0.15) is 49.4 Å². The van der Waals surface area contributed by atoms with E-state index < -0.39 is 11.5 Å². The van der Waals surface area contributed by atoms with Crippen molar-refractivity contribution in [3.63, 3.8) is 0 Å². The zero-order chi connectivity index (χ0) is 17.3. The number of carboxylic acids is 1. The summed E-state index contributed by atoms with van der Waals surface area (Å²) < 4.78 is 2.03. The molecule has 1 aliphatic rings. The molecule has 1 aromatic carbocycles. The zero-order valence-electron chi connectivity index (χ0n) is 14.3. The van der Waals surface area contributed by atoms with Crippen LogP contribution in [0, 0.1) is 0 Å². The van der Waals surface area contributed by atoms with Gasteiger partial charge in [-0.1, -0.05) is 37.5 Å². The molecule has 2 aromatic rings. The second-order valence-corrected chi connectivity index (χ2v) is 6.61. The first kappa shape index (κ1) is 16.6. The van der Waals surface area contributed by atoms with Crippen LogP contribution < -0.4 is 0 Å². The van der Waals surface area contributed by atoms with Crippen molar-refractivity contribution in [1.29, 1.82) is 0 Å². The molecule has 0 radical (unpaired) electrons. The normalized spacial score (nSPS) is 16.9. The van der Waals surface area contributed by atoms with E-state index in [9.17, 15) is 14.7 Å². The molecule has 0 bridgehead atoms. The molecule has 0 aliphatic heterocycles. The van der Waals surface area contributed by atoms with Crippen LogP contribution in [0.25, 0.3) is 10.9 Å². The summed E-state index contributed by atoms with van der Waals surface area (Å²) in [6, 6.07) is 7.78. The summed E-state index contributed by atoms with van der Waals surface area (Å²) in [7, 11) is 1.64. The summed E-state index contributed by atoms with van der Waals surface area (Å²) in [4.78, 5) is 26.6. The molecule has 1 heterocycles. The van der Waals surface area contributed by atoms with Crippen LogP contribution in [0.4, 0.5) is 0 Å². The van der Waals surface area contributed by atoms with Gasteiger partial charge in [-0.2, -0.15) is 0 Å². The third kappa shape index (κ3) is 2.48. The summed E-state index contributed by atoms with van der Waals surface area (Å²) in [5.41, 5.74) is 0.510. The maximum Gasteiger partial charge on any atom is 0.329 e. The van der Waals surface area contributed by atoms with Gasteiger partial charge in [-0.25, -0.2) is 4.79 Å². The molecule has 3 rings (SSSR count). The maximum atomic E-state index is 13.1. The molecule has 1 amide bonds. The highest BCUT2D eigenvalue weighted by atomic mass is 16.4. The van der Waals surface area contributed by atoms with Gasteiger partial charge in [-0.05, 0) is 25.8 Å². The lowest BCUT2D eigenvalue weighted by Gasteiger charge is -2.40. The minimum Gasteiger partial charge on any atom is -0.479 e. The van der Waals surface area contributed by atoms with Gasteiger partial charge >= 0.3 is 5.97 Å². The molecule has 0 spiro atoms. The van der Waals surface area contributed by atoms with Gasteiger partial charge < -0.3 is 14.6 Å². The number of nitrogens with zero attached hydrogens (tertiary/aromatic N) is 2. The fourth-order valence-corrected chi connectivity index (χ4v) is 3.88. The van der Waals surface area contributed by atoms with Gasteiger partial charge in [0.25, 0.3) is 5.91 Å². The molecule has 5 nitrogen and oxygen atoms in total. The van der Waals surface area contributed by atoms with Gasteiger partial charge in [-0.3, -0.25) is 4.79 Å². The molecule has 1 saturated carbocycles. The molecule has 1 aromatic heterocycles. The summed E-state index contributed by atoms with van der Waals surface area (Å²) >= 11 is 0. The first-order chi connectivity index (χ1) is 11.5. The Kier molecular flexibility index (Phi) is 4.35. The smallest absolute Gasteiger partial charge is 0.329 e. The SMILES string of the molecule is CCn1cc(C(=O)N(C)C2(C(=O)O)CCCCC2)c2ccccc21. The van der Waals surface area contributed by atoms with Gasteiger partial charge in [0, 0.05) is 30.7 Å². The molecule has 0 saturated heterocycles. The van der Waals surface area contributed by atoms with Crippen LogP contribution in [0.2, 0.25) is 0 Å². The number of aliphatic carboxylic acids is 1. The largest absolute Gasteiger partial charge is 0.479 e. The highest BCUT2D eigenvalue weighted by molar-refractivity contribution is 6.08. The molecule has 1 aliphatic carbocycles. The second kappa shape index (κ2) is 6.30. The third-order valence-corrected chi connectivity index (χ3v) is 5.39. The second-order valence-electron chi connectivity index (χ2n) is 6.61. The Bertz CT molecular complexity index is 772. The molecular formula is C19H24N2O3. The van der Waals surface area contributed by atoms with Crippen LogP contribution in [0.3, 0.4) is 0 Å². The predicted octanol–water partition coefficient (Wildman–Crippen LogP) is 3.52. The van der Waals surface area contributed by atoms with E-state index in [0.29, 0.717) is 18.4 Å². The van der Waals surface area contributed by atoms with Crippen LogP contribution in [0.15, 0.2) is 30.5 Å². The molecule has 1 fully saturated rings. The number of amides is 1. The fraction of sp³-hybridized carbons (Fsp3) is 0.474. The van der Waals surface area contributed by atoms with Gasteiger partial charge in [0.1, 0.15) is 5.54 Å². The summed E-state index contributed by atoms with van der Waals surface area (Å²) in [6.45, 7) is 2.80. The Morgan fingerprint density at radius 1 is 1.21 bits per heavy atom. The Morgan fingerprint density at radius 3 is 2.50 bits per heavy atom. The number of fused-ring (bicyclic) bond motifs is 1. The van der Waals surface area contributed by atoms with E-state index >= 15 is 0 Å². The van der Waals surface area contributed by atoms with Crippen molar-refractivity contribution >= 4 is 22.8 Å². The number of likely N-dealkylation sites (N-methyl/N-ethyl adjacent to an activating group) is 1. The summed E-state index contributed by atoms with van der Waals surface area (Å²) in [6.07, 6.45) is 5.63. The van der Waals surface area contributed by atoms with Crippen molar-refractivity contribution in [2.24, 2.45) is 0 Å². The maximum absolute atomic E-state index is 13.1. The number of rotatable bonds is 4. The lowest BCUT2D eigenvalue weighted by Crippen LogP contribution is -2.56. The Balaban J connectivity index is 2.03. The van der Waals surface area contributed by atoms with E-state index in [4.69, 9.17) is 0 Å². The van der Waals surface area contributed by atoms with Crippen LogP contribution >= 0.6 is 0 Å². The van der Waals surface area contributed by atoms with Gasteiger partial charge in [0.05, 0.1) is 5.56 Å². The number of para-hydroxylation sites is 1. The third-order valence-electron chi connectivity index (χ3n) is 5.39. The lowest BCUT2D eigenvalue weighted by atomic mass is 9.80. The van der Waals surface area contributed by atoms with Crippen LogP contribution in [-0.2, 0) is 11.3 Å². The van der Waals surface area contributed by atoms with E-state index in [2.05, 4.69) is 0 Å². The fourth-order valence-electron chi connectivity index (χ4n) is 3.88. The van der Waals surface area contributed by atoms with Crippen molar-refractivity contribution < 1.29 is 14.7 Å². The lowest BCUT2D eigenvalue weighted by molar-refractivity contribution is -0.151. The van der Waals surface area contributed by atoms with Crippen molar-refractivity contribution in [2.75, 3.05) is 7.05 Å². The van der Waals surface area contributed by atoms with E-state index in [0.717, 1.165) is 36.7 Å². The number of aromatic nitrogens is 1. The summed E-state index contributed by atoms with van der Waals surface area (Å²) in [5, 5.41) is 10.7. The number of carbonyl (C=O) groups is 2. The standard InChI is InChI=1S/C19H24N2O3/c1-3-21-13-15(14-9-5-6-10-16(14)21)17(22)20(2)19(18(23)24)11-7-4-8-12-19/h5-6,9-10,13H,3-4,7-8,11-12H2,1-2H3,(H,23,24). The van der Waals surface area contributed by atoms with Gasteiger partial charge in [0.15, 0.2) is 0 Å². The highest BCUT2D eigenvalue weighted by Gasteiger charge is 2.45. The first-order valence-corrected chi connectivity index (χ1v) is 8.60. The quantitative estimate of drug-likeness (QED) is 0.934. The number of aryl methyl sites for hydroxylation is 1. The van der Waals surface area contributed by atoms with E-state index in [1.165, 1.54) is 4.90 Å². The minimum absolute atomic E-state index is 0.206. The summed E-state index contributed by atoms with van der Waals surface area (Å²) in [5.74, 6) is -1.10. The van der Waals surface area contributed by atoms with Gasteiger partial charge in [0.2, 0.25) is 0 Å². The van der Waals surface area contributed by atoms with Crippen LogP contribution in [0.5, 0.6) is 0 Å².